The first-order valence-electron chi connectivity index (χ1n) is 4.12. The molecule has 0 spiro atoms. The summed E-state index contributed by atoms with van der Waals surface area (Å²) in [5, 5.41) is 18.9. The molecule has 5 atom stereocenters. The quantitative estimate of drug-likeness (QED) is 0.567. The zero-order valence-corrected chi connectivity index (χ0v) is 7.60. The van der Waals surface area contributed by atoms with Gasteiger partial charge < -0.3 is 19.7 Å². The maximum atomic E-state index is 9.52. The summed E-state index contributed by atoms with van der Waals surface area (Å²) in [5.74, 6) is 0. The smallest absolute Gasteiger partial charge is 0.111 e. The molecule has 12 heavy (non-hydrogen) atoms. The molecule has 1 saturated heterocycles. The van der Waals surface area contributed by atoms with E-state index in [2.05, 4.69) is 0 Å². The molecule has 1 rings (SSSR count). The normalized spacial score (nSPS) is 49.2. The Labute approximate surface area is 72.1 Å². The van der Waals surface area contributed by atoms with Crippen molar-refractivity contribution >= 4 is 0 Å². The van der Waals surface area contributed by atoms with Gasteiger partial charge >= 0.3 is 0 Å². The van der Waals surface area contributed by atoms with Crippen molar-refractivity contribution in [2.24, 2.45) is 0 Å². The molecule has 4 nitrogen and oxygen atoms in total. The second-order valence-corrected chi connectivity index (χ2v) is 3.23. The fourth-order valence-electron chi connectivity index (χ4n) is 1.58. The molecular weight excluding hydrogens is 160 g/mol. The molecule has 0 aliphatic carbocycles. The minimum Gasteiger partial charge on any atom is -0.388 e. The Morgan fingerprint density at radius 1 is 1.08 bits per heavy atom. The lowest BCUT2D eigenvalue weighted by Gasteiger charge is -2.39. The third-order valence-electron chi connectivity index (χ3n) is 2.33. The molecule has 0 radical (unpaired) electrons. The summed E-state index contributed by atoms with van der Waals surface area (Å²) < 4.78 is 10.3. The molecular formula is C8H16O4. The molecule has 1 aliphatic rings. The molecule has 0 aromatic rings. The zero-order valence-electron chi connectivity index (χ0n) is 7.60. The van der Waals surface area contributed by atoms with Gasteiger partial charge in [0.25, 0.3) is 0 Å². The summed E-state index contributed by atoms with van der Waals surface area (Å²) in [5.41, 5.74) is 0. The Bertz CT molecular complexity index is 150. The molecule has 0 amide bonds. The molecule has 1 aliphatic heterocycles. The maximum Gasteiger partial charge on any atom is 0.111 e. The maximum absolute atomic E-state index is 9.52. The minimum atomic E-state index is -0.855. The van der Waals surface area contributed by atoms with E-state index in [0.717, 1.165) is 0 Å². The first-order valence-corrected chi connectivity index (χ1v) is 4.12. The Morgan fingerprint density at radius 3 is 2.17 bits per heavy atom. The molecule has 72 valence electrons. The lowest BCUT2D eigenvalue weighted by molar-refractivity contribution is -0.219. The Morgan fingerprint density at radius 2 is 1.67 bits per heavy atom. The fourth-order valence-corrected chi connectivity index (χ4v) is 1.58. The minimum absolute atomic E-state index is 0.177. The van der Waals surface area contributed by atoms with E-state index >= 15 is 0 Å². The molecule has 0 saturated carbocycles. The molecule has 0 aromatic heterocycles. The van der Waals surface area contributed by atoms with Crippen LogP contribution in [0.2, 0.25) is 0 Å². The van der Waals surface area contributed by atoms with Crippen molar-refractivity contribution < 1.29 is 19.7 Å². The highest BCUT2D eigenvalue weighted by Crippen LogP contribution is 2.22. The lowest BCUT2D eigenvalue weighted by atomic mass is 9.96. The largest absolute Gasteiger partial charge is 0.388 e. The summed E-state index contributed by atoms with van der Waals surface area (Å²) in [6.45, 7) is 3.55. The highest BCUT2D eigenvalue weighted by atomic mass is 16.6. The Balaban J connectivity index is 2.65. The van der Waals surface area contributed by atoms with Gasteiger partial charge in [0.2, 0.25) is 0 Å². The van der Waals surface area contributed by atoms with Crippen LogP contribution in [0.1, 0.15) is 13.8 Å². The van der Waals surface area contributed by atoms with Crippen LogP contribution in [0.3, 0.4) is 0 Å². The van der Waals surface area contributed by atoms with E-state index in [9.17, 15) is 10.2 Å². The third-order valence-corrected chi connectivity index (χ3v) is 2.33. The van der Waals surface area contributed by atoms with Crippen LogP contribution in [-0.4, -0.2) is 47.8 Å². The van der Waals surface area contributed by atoms with Gasteiger partial charge in [-0.3, -0.25) is 0 Å². The second-order valence-electron chi connectivity index (χ2n) is 3.23. The van der Waals surface area contributed by atoms with Crippen LogP contribution >= 0.6 is 0 Å². The van der Waals surface area contributed by atoms with Crippen LogP contribution in [-0.2, 0) is 9.47 Å². The number of hydrogen-bond donors (Lipinski definition) is 2. The van der Waals surface area contributed by atoms with Gasteiger partial charge in [-0.2, -0.15) is 0 Å². The van der Waals surface area contributed by atoms with Crippen molar-refractivity contribution in [3.8, 4) is 0 Å². The first kappa shape index (κ1) is 9.92. The molecule has 0 bridgehead atoms. The number of ether oxygens (including phenoxy) is 2. The van der Waals surface area contributed by atoms with Gasteiger partial charge in [-0.15, -0.1) is 0 Å². The molecule has 0 aromatic carbocycles. The van der Waals surface area contributed by atoms with Gasteiger partial charge in [-0.1, -0.05) is 0 Å². The second kappa shape index (κ2) is 3.70. The Kier molecular flexibility index (Phi) is 3.06. The van der Waals surface area contributed by atoms with Crippen molar-refractivity contribution in [3.63, 3.8) is 0 Å². The van der Waals surface area contributed by atoms with E-state index in [1.165, 1.54) is 7.11 Å². The van der Waals surface area contributed by atoms with Gasteiger partial charge in [0.15, 0.2) is 0 Å². The molecule has 4 heteroatoms. The summed E-state index contributed by atoms with van der Waals surface area (Å²) in [6.07, 6.45) is -2.65. The third kappa shape index (κ3) is 1.61. The van der Waals surface area contributed by atoms with E-state index in [4.69, 9.17) is 9.47 Å². The van der Waals surface area contributed by atoms with Crippen LogP contribution in [0.4, 0.5) is 0 Å². The van der Waals surface area contributed by atoms with Crippen molar-refractivity contribution in [2.45, 2.75) is 44.4 Å². The number of methoxy groups -OCH3 is 1. The van der Waals surface area contributed by atoms with Crippen molar-refractivity contribution in [1.82, 2.24) is 0 Å². The van der Waals surface area contributed by atoms with Gasteiger partial charge in [-0.05, 0) is 13.8 Å². The highest BCUT2D eigenvalue weighted by molar-refractivity contribution is 4.89. The first-order chi connectivity index (χ1) is 5.57. The zero-order chi connectivity index (χ0) is 9.30. The van der Waals surface area contributed by atoms with Crippen LogP contribution in [0, 0.1) is 0 Å². The van der Waals surface area contributed by atoms with E-state index in [1.807, 2.05) is 6.92 Å². The van der Waals surface area contributed by atoms with Gasteiger partial charge in [0.1, 0.15) is 18.3 Å². The van der Waals surface area contributed by atoms with E-state index in [-0.39, 0.29) is 12.2 Å². The highest BCUT2D eigenvalue weighted by Gasteiger charge is 2.40. The van der Waals surface area contributed by atoms with Crippen LogP contribution in [0.5, 0.6) is 0 Å². The predicted molar refractivity (Wildman–Crippen MR) is 42.8 cm³/mol. The van der Waals surface area contributed by atoms with Crippen molar-refractivity contribution in [1.29, 1.82) is 0 Å². The topological polar surface area (TPSA) is 58.9 Å². The van der Waals surface area contributed by atoms with Crippen molar-refractivity contribution in [2.75, 3.05) is 7.11 Å². The Hall–Kier alpha value is -0.160. The van der Waals surface area contributed by atoms with Crippen molar-refractivity contribution in [3.05, 3.63) is 0 Å². The lowest BCUT2D eigenvalue weighted by Crippen LogP contribution is -2.56. The summed E-state index contributed by atoms with van der Waals surface area (Å²) >= 11 is 0. The summed E-state index contributed by atoms with van der Waals surface area (Å²) in [7, 11) is 1.50. The number of rotatable bonds is 1. The number of aliphatic hydroxyl groups excluding tert-OH is 2. The SMILES string of the molecule is CO[C@@H]1[C@H](O)[C@H](O)[C@H](C)O[C@H]1C. The average molecular weight is 176 g/mol. The molecule has 1 heterocycles. The van der Waals surface area contributed by atoms with Gasteiger partial charge in [0, 0.05) is 7.11 Å². The number of aliphatic hydroxyl groups is 2. The van der Waals surface area contributed by atoms with Gasteiger partial charge in [0.05, 0.1) is 12.2 Å². The van der Waals surface area contributed by atoms with E-state index < -0.39 is 18.3 Å². The molecule has 2 N–H and O–H groups in total. The average Bonchev–Trinajstić information content (AvgIpc) is 2.01. The van der Waals surface area contributed by atoms with Crippen LogP contribution in [0.15, 0.2) is 0 Å². The fraction of sp³-hybridized carbons (Fsp3) is 1.00. The molecule has 0 unspecified atom stereocenters. The van der Waals surface area contributed by atoms with Crippen LogP contribution in [0.25, 0.3) is 0 Å². The number of hydrogen-bond acceptors (Lipinski definition) is 4. The summed E-state index contributed by atoms with van der Waals surface area (Å²) in [4.78, 5) is 0. The predicted octanol–water partition coefficient (Wildman–Crippen LogP) is -0.470. The standard InChI is InChI=1S/C8H16O4/c1-4-6(9)7(10)8(11-3)5(2)12-4/h4-10H,1-3H3/t4-,5-,6+,7+,8-/m0/s1. The van der Waals surface area contributed by atoms with Gasteiger partial charge in [-0.25, -0.2) is 0 Å². The van der Waals surface area contributed by atoms with Crippen LogP contribution < -0.4 is 0 Å². The summed E-state index contributed by atoms with van der Waals surface area (Å²) in [6, 6.07) is 0. The van der Waals surface area contributed by atoms with E-state index in [0.29, 0.717) is 0 Å². The van der Waals surface area contributed by atoms with E-state index in [1.54, 1.807) is 6.92 Å². The molecule has 1 fully saturated rings. The monoisotopic (exact) mass is 176 g/mol.